The minimum absolute atomic E-state index is 0.755. The maximum absolute atomic E-state index is 5.63. The molecule has 84 valence electrons. The van der Waals surface area contributed by atoms with E-state index in [-0.39, 0.29) is 0 Å². The molecule has 1 aromatic rings. The van der Waals surface area contributed by atoms with E-state index >= 15 is 0 Å². The maximum atomic E-state index is 5.63. The fourth-order valence-electron chi connectivity index (χ4n) is 1.30. The zero-order valence-electron chi connectivity index (χ0n) is 9.99. The van der Waals surface area contributed by atoms with E-state index in [9.17, 15) is 0 Å². The first-order valence-electron chi connectivity index (χ1n) is 5.45. The largest absolute Gasteiger partial charge is 0.462 e. The van der Waals surface area contributed by atoms with Gasteiger partial charge in [0.15, 0.2) is 0 Å². The van der Waals surface area contributed by atoms with Crippen LogP contribution in [0.1, 0.15) is 25.8 Å². The van der Waals surface area contributed by atoms with Gasteiger partial charge in [0, 0.05) is 12.0 Å². The zero-order valence-corrected chi connectivity index (χ0v) is 9.99. The van der Waals surface area contributed by atoms with E-state index in [1.165, 1.54) is 0 Å². The van der Waals surface area contributed by atoms with Crippen molar-refractivity contribution in [3.05, 3.63) is 66.6 Å². The molecule has 1 nitrogen and oxygen atoms in total. The van der Waals surface area contributed by atoms with E-state index in [2.05, 4.69) is 13.2 Å². The van der Waals surface area contributed by atoms with Gasteiger partial charge >= 0.3 is 0 Å². The lowest BCUT2D eigenvalue weighted by Crippen LogP contribution is -1.94. The molecule has 0 amide bonds. The summed E-state index contributed by atoms with van der Waals surface area (Å²) >= 11 is 0. The van der Waals surface area contributed by atoms with Gasteiger partial charge in [0.2, 0.25) is 0 Å². The summed E-state index contributed by atoms with van der Waals surface area (Å²) in [6, 6.07) is 10.00. The molecular formula is C15H18O. The molecule has 0 aliphatic rings. The molecule has 0 aliphatic heterocycles. The van der Waals surface area contributed by atoms with Crippen molar-refractivity contribution in [2.24, 2.45) is 0 Å². The van der Waals surface area contributed by atoms with Crippen LogP contribution in [0.5, 0.6) is 0 Å². The van der Waals surface area contributed by atoms with Crippen molar-refractivity contribution in [1.29, 1.82) is 0 Å². The average molecular weight is 214 g/mol. The predicted octanol–water partition coefficient (Wildman–Crippen LogP) is 4.54. The standard InChI is InChI=1S/C15H18O/c1-5-12(3)16-15(6-2)13(4)14-10-8-7-9-11-14/h6-11H,3-5H2,1-2H3/b15-6-. The van der Waals surface area contributed by atoms with E-state index in [4.69, 9.17) is 4.74 Å². The molecule has 0 unspecified atom stereocenters. The Balaban J connectivity index is 2.83. The third-order valence-electron chi connectivity index (χ3n) is 2.33. The summed E-state index contributed by atoms with van der Waals surface area (Å²) in [5, 5.41) is 0. The van der Waals surface area contributed by atoms with Crippen LogP contribution >= 0.6 is 0 Å². The molecule has 0 aromatic heterocycles. The summed E-state index contributed by atoms with van der Waals surface area (Å²) in [5.74, 6) is 1.53. The monoisotopic (exact) mass is 214 g/mol. The van der Waals surface area contributed by atoms with Crippen LogP contribution in [0.25, 0.3) is 5.57 Å². The summed E-state index contributed by atoms with van der Waals surface area (Å²) in [5.41, 5.74) is 1.96. The van der Waals surface area contributed by atoms with Gasteiger partial charge in [-0.05, 0) is 18.6 Å². The highest BCUT2D eigenvalue weighted by molar-refractivity contribution is 5.75. The lowest BCUT2D eigenvalue weighted by Gasteiger charge is -2.13. The Morgan fingerprint density at radius 3 is 2.38 bits per heavy atom. The molecular weight excluding hydrogens is 196 g/mol. The van der Waals surface area contributed by atoms with Crippen LogP contribution in [-0.4, -0.2) is 0 Å². The van der Waals surface area contributed by atoms with Crippen molar-refractivity contribution in [2.75, 3.05) is 0 Å². The Morgan fingerprint density at radius 2 is 1.88 bits per heavy atom. The smallest absolute Gasteiger partial charge is 0.129 e. The summed E-state index contributed by atoms with van der Waals surface area (Å²) < 4.78 is 5.63. The van der Waals surface area contributed by atoms with Crippen LogP contribution in [0.3, 0.4) is 0 Å². The van der Waals surface area contributed by atoms with Gasteiger partial charge in [-0.2, -0.15) is 0 Å². The second-order valence-electron chi connectivity index (χ2n) is 3.49. The lowest BCUT2D eigenvalue weighted by molar-refractivity contribution is 0.314. The van der Waals surface area contributed by atoms with Crippen LogP contribution in [0.4, 0.5) is 0 Å². The van der Waals surface area contributed by atoms with E-state index in [0.717, 1.165) is 29.1 Å². The molecule has 0 N–H and O–H groups in total. The number of rotatable bonds is 5. The van der Waals surface area contributed by atoms with Crippen molar-refractivity contribution in [3.63, 3.8) is 0 Å². The van der Waals surface area contributed by atoms with E-state index in [1.807, 2.05) is 50.3 Å². The first-order valence-corrected chi connectivity index (χ1v) is 5.45. The number of allylic oxidation sites excluding steroid dienone is 3. The number of ether oxygens (including phenoxy) is 1. The van der Waals surface area contributed by atoms with E-state index in [1.54, 1.807) is 0 Å². The SMILES string of the molecule is C=C(CC)O/C(=C\C)C(=C)c1ccccc1. The quantitative estimate of drug-likeness (QED) is 0.516. The lowest BCUT2D eigenvalue weighted by atomic mass is 10.1. The molecule has 0 spiro atoms. The normalized spacial score (nSPS) is 11.0. The van der Waals surface area contributed by atoms with Crippen LogP contribution in [0.15, 0.2) is 61.1 Å². The first-order chi connectivity index (χ1) is 7.69. The molecule has 0 bridgehead atoms. The van der Waals surface area contributed by atoms with Crippen molar-refractivity contribution in [1.82, 2.24) is 0 Å². The molecule has 0 aliphatic carbocycles. The Kier molecular flexibility index (Phi) is 4.59. The van der Waals surface area contributed by atoms with Crippen molar-refractivity contribution >= 4 is 5.57 Å². The van der Waals surface area contributed by atoms with Gasteiger partial charge in [-0.1, -0.05) is 50.4 Å². The van der Waals surface area contributed by atoms with Gasteiger partial charge in [0.05, 0.1) is 5.76 Å². The first kappa shape index (κ1) is 12.3. The summed E-state index contributed by atoms with van der Waals surface area (Å²) in [4.78, 5) is 0. The molecule has 16 heavy (non-hydrogen) atoms. The second-order valence-corrected chi connectivity index (χ2v) is 3.49. The van der Waals surface area contributed by atoms with Crippen molar-refractivity contribution in [3.8, 4) is 0 Å². The molecule has 0 heterocycles. The Bertz CT molecular complexity index is 399. The minimum atomic E-state index is 0.755. The molecule has 0 saturated carbocycles. The number of benzene rings is 1. The fourth-order valence-corrected chi connectivity index (χ4v) is 1.30. The highest BCUT2D eigenvalue weighted by Gasteiger charge is 2.06. The van der Waals surface area contributed by atoms with Gasteiger partial charge in [0.25, 0.3) is 0 Å². The minimum Gasteiger partial charge on any atom is -0.462 e. The Labute approximate surface area is 97.8 Å². The fraction of sp³-hybridized carbons (Fsp3) is 0.200. The molecule has 0 fully saturated rings. The third-order valence-corrected chi connectivity index (χ3v) is 2.33. The molecule has 1 heteroatoms. The molecule has 1 rings (SSSR count). The molecule has 1 aromatic carbocycles. The van der Waals surface area contributed by atoms with Crippen molar-refractivity contribution in [2.45, 2.75) is 20.3 Å². The number of hydrogen-bond donors (Lipinski definition) is 0. The van der Waals surface area contributed by atoms with Gasteiger partial charge in [-0.3, -0.25) is 0 Å². The highest BCUT2D eigenvalue weighted by Crippen LogP contribution is 2.24. The Morgan fingerprint density at radius 1 is 1.25 bits per heavy atom. The predicted molar refractivity (Wildman–Crippen MR) is 69.7 cm³/mol. The summed E-state index contributed by atoms with van der Waals surface area (Å²) in [7, 11) is 0. The second kappa shape index (κ2) is 5.96. The summed E-state index contributed by atoms with van der Waals surface area (Å²) in [6.07, 6.45) is 2.72. The van der Waals surface area contributed by atoms with Gasteiger partial charge in [-0.15, -0.1) is 0 Å². The zero-order chi connectivity index (χ0) is 12.0. The van der Waals surface area contributed by atoms with Crippen LogP contribution in [0.2, 0.25) is 0 Å². The van der Waals surface area contributed by atoms with E-state index in [0.29, 0.717) is 0 Å². The number of hydrogen-bond acceptors (Lipinski definition) is 1. The van der Waals surface area contributed by atoms with Crippen LogP contribution in [-0.2, 0) is 4.74 Å². The molecule has 0 saturated heterocycles. The average Bonchev–Trinajstić information content (AvgIpc) is 2.35. The van der Waals surface area contributed by atoms with Gasteiger partial charge < -0.3 is 4.74 Å². The highest BCUT2D eigenvalue weighted by atomic mass is 16.5. The Hall–Kier alpha value is -1.76. The summed E-state index contributed by atoms with van der Waals surface area (Å²) in [6.45, 7) is 11.8. The van der Waals surface area contributed by atoms with Crippen LogP contribution < -0.4 is 0 Å². The third kappa shape index (κ3) is 3.13. The molecule has 0 radical (unpaired) electrons. The topological polar surface area (TPSA) is 9.23 Å². The van der Waals surface area contributed by atoms with Crippen LogP contribution in [0, 0.1) is 0 Å². The van der Waals surface area contributed by atoms with Gasteiger partial charge in [0.1, 0.15) is 5.76 Å². The van der Waals surface area contributed by atoms with E-state index < -0.39 is 0 Å². The van der Waals surface area contributed by atoms with Crippen molar-refractivity contribution < 1.29 is 4.74 Å². The maximum Gasteiger partial charge on any atom is 0.129 e. The molecule has 0 atom stereocenters. The van der Waals surface area contributed by atoms with Gasteiger partial charge in [-0.25, -0.2) is 0 Å².